The van der Waals surface area contributed by atoms with Crippen LogP contribution in [0.25, 0.3) is 0 Å². The van der Waals surface area contributed by atoms with Gasteiger partial charge in [0.1, 0.15) is 0 Å². The van der Waals surface area contributed by atoms with Crippen molar-refractivity contribution in [2.24, 2.45) is 0 Å². The minimum Gasteiger partial charge on any atom is -0.462 e. The van der Waals surface area contributed by atoms with Gasteiger partial charge in [-0.2, -0.15) is 0 Å². The minimum absolute atomic E-state index is 0.0398. The van der Waals surface area contributed by atoms with Gasteiger partial charge in [-0.3, -0.25) is 0 Å². The first-order chi connectivity index (χ1) is 16.0. The summed E-state index contributed by atoms with van der Waals surface area (Å²) in [7, 11) is -8.22. The molecule has 1 rings (SSSR count). The van der Waals surface area contributed by atoms with E-state index in [1.807, 2.05) is 18.0 Å². The lowest BCUT2D eigenvalue weighted by molar-refractivity contribution is -0.137. The lowest BCUT2D eigenvalue weighted by Crippen LogP contribution is -2.51. The molecule has 0 N–H and O–H groups in total. The van der Waals surface area contributed by atoms with Crippen molar-refractivity contribution < 1.29 is 26.2 Å². The van der Waals surface area contributed by atoms with Gasteiger partial charge in [0.05, 0.1) is 11.5 Å². The zero-order valence-corrected chi connectivity index (χ0v) is 26.3. The highest BCUT2D eigenvalue weighted by molar-refractivity contribution is 7.96. The summed E-state index contributed by atoms with van der Waals surface area (Å²) < 4.78 is 43.9. The van der Waals surface area contributed by atoms with Gasteiger partial charge in [-0.25, -0.2) is 13.2 Å². The molecule has 0 aliphatic carbocycles. The van der Waals surface area contributed by atoms with E-state index in [9.17, 15) is 13.2 Å². The molecule has 0 aliphatic rings. The van der Waals surface area contributed by atoms with Crippen LogP contribution in [0.4, 0.5) is 0 Å². The van der Waals surface area contributed by atoms with Crippen molar-refractivity contribution in [3.8, 4) is 0 Å². The van der Waals surface area contributed by atoms with Gasteiger partial charge in [-0.15, -0.1) is 0 Å². The van der Waals surface area contributed by atoms with E-state index >= 15 is 0 Å². The maximum Gasteiger partial charge on any atom is 0.350 e. The molecule has 35 heavy (non-hydrogen) atoms. The molecule has 0 amide bonds. The number of carbonyl (C=O) groups is 1. The number of nitrogens with zero attached hydrogens (tertiary/aromatic N) is 1. The molecule has 0 spiro atoms. The lowest BCUT2D eigenvalue weighted by Gasteiger charge is -2.36. The van der Waals surface area contributed by atoms with Crippen LogP contribution in [0.5, 0.6) is 0 Å². The average molecular weight is 556 g/mol. The Morgan fingerprint density at radius 2 is 1.51 bits per heavy atom. The van der Waals surface area contributed by atoms with Crippen molar-refractivity contribution in [3.63, 3.8) is 0 Å². The molecule has 0 atom stereocenters. The van der Waals surface area contributed by atoms with Crippen molar-refractivity contribution in [1.29, 1.82) is 0 Å². The Hall–Kier alpha value is -1.77. The molecule has 0 radical (unpaired) electrons. The molecule has 1 aromatic carbocycles. The van der Waals surface area contributed by atoms with Crippen LogP contribution in [0.2, 0.25) is 45.8 Å². The molecule has 0 saturated heterocycles. The summed E-state index contributed by atoms with van der Waals surface area (Å²) in [4.78, 5) is 13.9. The number of carbonyl (C=O) groups excluding carboxylic acids is 1. The number of hydrogen-bond acceptors (Lipinski definition) is 7. The van der Waals surface area contributed by atoms with E-state index < -0.39 is 45.9 Å². The Morgan fingerprint density at radius 1 is 0.971 bits per heavy atom. The van der Waals surface area contributed by atoms with Gasteiger partial charge in [-0.05, 0) is 88.9 Å². The summed E-state index contributed by atoms with van der Waals surface area (Å²) >= 11 is 0. The molecule has 196 valence electrons. The first-order valence-electron chi connectivity index (χ1n) is 11.6. The number of rotatable bonds is 13. The molecule has 7 nitrogen and oxygen atoms in total. The molecule has 0 aliphatic heterocycles. The van der Waals surface area contributed by atoms with E-state index in [1.165, 1.54) is 24.3 Å². The third-order valence-electron chi connectivity index (χ3n) is 4.24. The molecule has 0 aromatic heterocycles. The average Bonchev–Trinajstić information content (AvgIpc) is 2.68. The highest BCUT2D eigenvalue weighted by Gasteiger charge is 2.38. The van der Waals surface area contributed by atoms with Crippen LogP contribution in [0.1, 0.15) is 6.92 Å². The second-order valence-corrected chi connectivity index (χ2v) is 24.6. The normalized spacial score (nSPS) is 14.0. The number of ether oxygens (including phenoxy) is 1. The Bertz CT molecular complexity index is 1010. The highest BCUT2D eigenvalue weighted by Crippen LogP contribution is 2.22. The molecule has 0 unspecified atom stereocenters. The van der Waals surface area contributed by atoms with Gasteiger partial charge < -0.3 is 17.9 Å². The van der Waals surface area contributed by atoms with Crippen molar-refractivity contribution in [1.82, 2.24) is 4.90 Å². The summed E-state index contributed by atoms with van der Waals surface area (Å²) in [6.07, 6.45) is 6.55. The van der Waals surface area contributed by atoms with Gasteiger partial charge in [0.15, 0.2) is 21.5 Å². The van der Waals surface area contributed by atoms with E-state index in [4.69, 9.17) is 13.0 Å². The summed E-state index contributed by atoms with van der Waals surface area (Å²) in [6, 6.07) is 7.84. The summed E-state index contributed by atoms with van der Waals surface area (Å²) in [6.45, 7) is 17.3. The van der Waals surface area contributed by atoms with Gasteiger partial charge >= 0.3 is 14.5 Å². The molecule has 0 bridgehead atoms. The van der Waals surface area contributed by atoms with E-state index in [1.54, 1.807) is 31.3 Å². The molecular weight excluding hydrogens is 515 g/mol. The molecule has 11 heteroatoms. The number of benzene rings is 1. The fraction of sp³-hybridized carbons (Fsp3) is 0.458. The highest BCUT2D eigenvalue weighted by atomic mass is 32.2. The van der Waals surface area contributed by atoms with Crippen LogP contribution in [0.3, 0.4) is 0 Å². The number of esters is 1. The zero-order valence-electron chi connectivity index (χ0n) is 22.5. The Labute approximate surface area is 214 Å². The number of hydrogen-bond donors (Lipinski definition) is 0. The molecule has 1 aromatic rings. The third kappa shape index (κ3) is 11.7. The van der Waals surface area contributed by atoms with Crippen LogP contribution < -0.4 is 0 Å². The van der Waals surface area contributed by atoms with E-state index in [2.05, 4.69) is 51.5 Å². The number of sulfone groups is 1. The van der Waals surface area contributed by atoms with E-state index in [-0.39, 0.29) is 11.5 Å². The second kappa shape index (κ2) is 13.0. The first kappa shape index (κ1) is 31.3. The lowest BCUT2D eigenvalue weighted by atomic mass is 10.4. The van der Waals surface area contributed by atoms with Gasteiger partial charge in [-0.1, -0.05) is 24.3 Å². The fourth-order valence-corrected chi connectivity index (χ4v) is 15.9. The topological polar surface area (TPSA) is 82.1 Å². The molecular formula is C24H41NO6SSi3. The second-order valence-electron chi connectivity index (χ2n) is 10.2. The maximum atomic E-state index is 13.0. The largest absolute Gasteiger partial charge is 0.462 e. The minimum atomic E-state index is -4.01. The first-order valence-corrected chi connectivity index (χ1v) is 22.3. The quantitative estimate of drug-likeness (QED) is 0.143. The Morgan fingerprint density at radius 3 is 2.00 bits per heavy atom. The van der Waals surface area contributed by atoms with E-state index in [0.717, 1.165) is 0 Å². The predicted molar refractivity (Wildman–Crippen MR) is 150 cm³/mol. The number of allylic oxidation sites excluding steroid dienone is 2. The van der Waals surface area contributed by atoms with Crippen molar-refractivity contribution in [2.75, 3.05) is 20.2 Å². The third-order valence-corrected chi connectivity index (χ3v) is 15.0. The SMILES string of the molecule is CCOC(=O)C(=CC=CN(C)CC=C[Si](C)(O[Si](C)(C)C)O[Si](C)(C)C)S(=O)(=O)c1ccccc1. The zero-order chi connectivity index (χ0) is 26.9. The van der Waals surface area contributed by atoms with Gasteiger partial charge in [0.2, 0.25) is 9.84 Å². The maximum absolute atomic E-state index is 13.0. The molecule has 0 saturated carbocycles. The van der Waals surface area contributed by atoms with Crippen molar-refractivity contribution >= 4 is 41.0 Å². The van der Waals surface area contributed by atoms with Gasteiger partial charge in [0.25, 0.3) is 0 Å². The Balaban J connectivity index is 3.06. The van der Waals surface area contributed by atoms with Crippen LogP contribution in [-0.4, -0.2) is 64.7 Å². The van der Waals surface area contributed by atoms with E-state index in [0.29, 0.717) is 6.54 Å². The fourth-order valence-electron chi connectivity index (χ4n) is 3.27. The molecule has 0 heterocycles. The van der Waals surface area contributed by atoms with Crippen molar-refractivity contribution in [3.05, 3.63) is 65.4 Å². The van der Waals surface area contributed by atoms with Crippen molar-refractivity contribution in [2.45, 2.75) is 57.6 Å². The standard InChI is InChI=1S/C24H41NO6SSi3/c1-10-29-24(26)23(32(27,28)22-16-12-11-13-17-22)18-14-19-25(2)20-15-21-35(9,30-33(3,4)5)31-34(6,7)8/h11-19,21H,10,20H2,1-9H3. The smallest absolute Gasteiger partial charge is 0.350 e. The van der Waals surface area contributed by atoms with Crippen LogP contribution >= 0.6 is 0 Å². The van der Waals surface area contributed by atoms with Crippen LogP contribution in [0, 0.1) is 0 Å². The van der Waals surface area contributed by atoms with Gasteiger partial charge in [0, 0.05) is 13.6 Å². The summed E-state index contributed by atoms with van der Waals surface area (Å²) in [5, 5.41) is 0. The van der Waals surface area contributed by atoms with Crippen LogP contribution in [-0.2, 0) is 27.6 Å². The summed E-state index contributed by atoms with van der Waals surface area (Å²) in [5.74, 6) is -0.877. The monoisotopic (exact) mass is 555 g/mol. The summed E-state index contributed by atoms with van der Waals surface area (Å²) in [5.41, 5.74) is 2.08. The Kier molecular flexibility index (Phi) is 11.6. The predicted octanol–water partition coefficient (Wildman–Crippen LogP) is 5.22. The van der Waals surface area contributed by atoms with Crippen LogP contribution in [0.15, 0.2) is 70.3 Å². The molecule has 0 fully saturated rings. The number of likely N-dealkylation sites (N-methyl/N-ethyl adjacent to an activating group) is 1.